The Labute approximate surface area is 115 Å². The molecule has 0 saturated heterocycles. The summed E-state index contributed by atoms with van der Waals surface area (Å²) >= 11 is 5.92. The first-order chi connectivity index (χ1) is 9.08. The molecule has 0 fully saturated rings. The van der Waals surface area contributed by atoms with Crippen molar-refractivity contribution in [3.05, 3.63) is 62.9 Å². The standard InChI is InChI=1S/C13H11ClN2O3/c1-9-7-11(16(17)18)4-5-12(9)19-8-10-3-2-6-15-13(10)14/h2-7H,8H2,1H3. The van der Waals surface area contributed by atoms with Gasteiger partial charge in [-0.25, -0.2) is 4.98 Å². The predicted octanol–water partition coefficient (Wildman–Crippen LogP) is 3.53. The van der Waals surface area contributed by atoms with E-state index in [2.05, 4.69) is 4.98 Å². The smallest absolute Gasteiger partial charge is 0.269 e. The predicted molar refractivity (Wildman–Crippen MR) is 71.4 cm³/mol. The highest BCUT2D eigenvalue weighted by molar-refractivity contribution is 6.30. The normalized spacial score (nSPS) is 10.2. The Kier molecular flexibility index (Phi) is 3.97. The molecule has 0 radical (unpaired) electrons. The van der Waals surface area contributed by atoms with E-state index in [1.165, 1.54) is 12.1 Å². The lowest BCUT2D eigenvalue weighted by Crippen LogP contribution is -1.99. The second kappa shape index (κ2) is 5.67. The lowest BCUT2D eigenvalue weighted by molar-refractivity contribution is -0.384. The molecule has 0 amide bonds. The first kappa shape index (κ1) is 13.3. The molecule has 0 bridgehead atoms. The fraction of sp³-hybridized carbons (Fsp3) is 0.154. The minimum absolute atomic E-state index is 0.0456. The number of benzene rings is 1. The van der Waals surface area contributed by atoms with Crippen LogP contribution < -0.4 is 4.74 Å². The molecular formula is C13H11ClN2O3. The summed E-state index contributed by atoms with van der Waals surface area (Å²) in [5.41, 5.74) is 1.51. The minimum Gasteiger partial charge on any atom is -0.489 e. The van der Waals surface area contributed by atoms with Crippen LogP contribution in [0, 0.1) is 17.0 Å². The zero-order chi connectivity index (χ0) is 13.8. The molecule has 2 rings (SSSR count). The molecule has 0 aliphatic carbocycles. The summed E-state index contributed by atoms with van der Waals surface area (Å²) in [6.07, 6.45) is 1.60. The van der Waals surface area contributed by atoms with Gasteiger partial charge in [0.1, 0.15) is 17.5 Å². The topological polar surface area (TPSA) is 65.3 Å². The van der Waals surface area contributed by atoms with Gasteiger partial charge in [-0.3, -0.25) is 10.1 Å². The molecule has 0 aliphatic heterocycles. The van der Waals surface area contributed by atoms with Crippen LogP contribution in [0.1, 0.15) is 11.1 Å². The molecular weight excluding hydrogens is 268 g/mol. The maximum atomic E-state index is 10.6. The summed E-state index contributed by atoms with van der Waals surface area (Å²) in [4.78, 5) is 14.1. The Hall–Kier alpha value is -2.14. The molecule has 0 N–H and O–H groups in total. The largest absolute Gasteiger partial charge is 0.489 e. The summed E-state index contributed by atoms with van der Waals surface area (Å²) in [7, 11) is 0. The number of aromatic nitrogens is 1. The number of aryl methyl sites for hydroxylation is 1. The summed E-state index contributed by atoms with van der Waals surface area (Å²) in [5.74, 6) is 0.588. The van der Waals surface area contributed by atoms with Gasteiger partial charge in [0.05, 0.1) is 4.92 Å². The third-order valence-electron chi connectivity index (χ3n) is 2.59. The van der Waals surface area contributed by atoms with Gasteiger partial charge in [0.25, 0.3) is 5.69 Å². The van der Waals surface area contributed by atoms with Gasteiger partial charge in [-0.1, -0.05) is 17.7 Å². The molecule has 0 atom stereocenters. The monoisotopic (exact) mass is 278 g/mol. The van der Waals surface area contributed by atoms with E-state index in [1.54, 1.807) is 25.3 Å². The average molecular weight is 279 g/mol. The van der Waals surface area contributed by atoms with Crippen LogP contribution in [0.4, 0.5) is 5.69 Å². The van der Waals surface area contributed by atoms with Gasteiger partial charge in [0.15, 0.2) is 0 Å². The van der Waals surface area contributed by atoms with E-state index in [-0.39, 0.29) is 12.3 Å². The Bertz CT molecular complexity index is 617. The molecule has 19 heavy (non-hydrogen) atoms. The van der Waals surface area contributed by atoms with Crippen molar-refractivity contribution in [3.63, 3.8) is 0 Å². The number of halogens is 1. The molecule has 5 nitrogen and oxygen atoms in total. The first-order valence-corrected chi connectivity index (χ1v) is 5.93. The van der Waals surface area contributed by atoms with Crippen molar-refractivity contribution in [2.24, 2.45) is 0 Å². The van der Waals surface area contributed by atoms with Crippen molar-refractivity contribution in [3.8, 4) is 5.75 Å². The number of hydrogen-bond donors (Lipinski definition) is 0. The molecule has 1 heterocycles. The highest BCUT2D eigenvalue weighted by atomic mass is 35.5. The van der Waals surface area contributed by atoms with Crippen molar-refractivity contribution < 1.29 is 9.66 Å². The number of hydrogen-bond acceptors (Lipinski definition) is 4. The second-order valence-electron chi connectivity index (χ2n) is 3.95. The van der Waals surface area contributed by atoms with E-state index in [0.717, 1.165) is 5.56 Å². The van der Waals surface area contributed by atoms with Crippen LogP contribution in [-0.4, -0.2) is 9.91 Å². The molecule has 2 aromatic rings. The Balaban J connectivity index is 2.12. The Morgan fingerprint density at radius 1 is 1.42 bits per heavy atom. The third kappa shape index (κ3) is 3.20. The maximum Gasteiger partial charge on any atom is 0.269 e. The fourth-order valence-corrected chi connectivity index (χ4v) is 1.77. The number of nitrogens with zero attached hydrogens (tertiary/aromatic N) is 2. The molecule has 98 valence electrons. The van der Waals surface area contributed by atoms with Gasteiger partial charge in [-0.15, -0.1) is 0 Å². The van der Waals surface area contributed by atoms with E-state index >= 15 is 0 Å². The highest BCUT2D eigenvalue weighted by Gasteiger charge is 2.09. The van der Waals surface area contributed by atoms with Crippen molar-refractivity contribution in [1.29, 1.82) is 0 Å². The zero-order valence-electron chi connectivity index (χ0n) is 10.2. The van der Waals surface area contributed by atoms with Gasteiger partial charge in [0, 0.05) is 23.9 Å². The summed E-state index contributed by atoms with van der Waals surface area (Å²) in [5, 5.41) is 11.0. The highest BCUT2D eigenvalue weighted by Crippen LogP contribution is 2.24. The van der Waals surface area contributed by atoms with Crippen LogP contribution in [0.2, 0.25) is 5.15 Å². The van der Waals surface area contributed by atoms with E-state index in [1.807, 2.05) is 6.07 Å². The van der Waals surface area contributed by atoms with Gasteiger partial charge >= 0.3 is 0 Å². The molecule has 0 saturated carbocycles. The minimum atomic E-state index is -0.436. The van der Waals surface area contributed by atoms with Crippen LogP contribution in [0.5, 0.6) is 5.75 Å². The van der Waals surface area contributed by atoms with Crippen LogP contribution >= 0.6 is 11.6 Å². The lowest BCUT2D eigenvalue weighted by atomic mass is 10.2. The Morgan fingerprint density at radius 2 is 2.21 bits per heavy atom. The first-order valence-electron chi connectivity index (χ1n) is 5.55. The lowest BCUT2D eigenvalue weighted by Gasteiger charge is -2.09. The van der Waals surface area contributed by atoms with E-state index in [9.17, 15) is 10.1 Å². The van der Waals surface area contributed by atoms with Crippen molar-refractivity contribution >= 4 is 17.3 Å². The maximum absolute atomic E-state index is 10.6. The SMILES string of the molecule is Cc1cc([N+](=O)[O-])ccc1OCc1cccnc1Cl. The van der Waals surface area contributed by atoms with Crippen molar-refractivity contribution in [1.82, 2.24) is 4.98 Å². The molecule has 1 aromatic heterocycles. The molecule has 0 spiro atoms. The average Bonchev–Trinajstić information content (AvgIpc) is 2.39. The van der Waals surface area contributed by atoms with Gasteiger partial charge in [-0.05, 0) is 24.6 Å². The summed E-state index contributed by atoms with van der Waals surface area (Å²) < 4.78 is 5.59. The number of ether oxygens (including phenoxy) is 1. The number of nitro benzene ring substituents is 1. The summed E-state index contributed by atoms with van der Waals surface area (Å²) in [6.45, 7) is 2.03. The van der Waals surface area contributed by atoms with Gasteiger partial charge < -0.3 is 4.74 Å². The van der Waals surface area contributed by atoms with E-state index < -0.39 is 4.92 Å². The molecule has 0 aliphatic rings. The number of pyridine rings is 1. The number of non-ortho nitro benzene ring substituents is 1. The fourth-order valence-electron chi connectivity index (χ4n) is 1.59. The number of nitro groups is 1. The van der Waals surface area contributed by atoms with E-state index in [0.29, 0.717) is 16.5 Å². The van der Waals surface area contributed by atoms with Crippen molar-refractivity contribution in [2.75, 3.05) is 0 Å². The molecule has 0 unspecified atom stereocenters. The Morgan fingerprint density at radius 3 is 2.84 bits per heavy atom. The van der Waals surface area contributed by atoms with Crippen LogP contribution in [0.3, 0.4) is 0 Å². The third-order valence-corrected chi connectivity index (χ3v) is 2.93. The van der Waals surface area contributed by atoms with Crippen LogP contribution in [0.25, 0.3) is 0 Å². The van der Waals surface area contributed by atoms with Crippen LogP contribution in [0.15, 0.2) is 36.5 Å². The van der Waals surface area contributed by atoms with Gasteiger partial charge in [0.2, 0.25) is 0 Å². The molecule has 1 aromatic carbocycles. The van der Waals surface area contributed by atoms with Crippen LogP contribution in [-0.2, 0) is 6.61 Å². The quantitative estimate of drug-likeness (QED) is 0.487. The number of rotatable bonds is 4. The zero-order valence-corrected chi connectivity index (χ0v) is 10.9. The van der Waals surface area contributed by atoms with Gasteiger partial charge in [-0.2, -0.15) is 0 Å². The second-order valence-corrected chi connectivity index (χ2v) is 4.31. The summed E-state index contributed by atoms with van der Waals surface area (Å²) in [6, 6.07) is 8.05. The van der Waals surface area contributed by atoms with Crippen molar-refractivity contribution in [2.45, 2.75) is 13.5 Å². The van der Waals surface area contributed by atoms with E-state index in [4.69, 9.17) is 16.3 Å². The molecule has 6 heteroatoms.